The Bertz CT molecular complexity index is 789. The van der Waals surface area contributed by atoms with E-state index in [-0.39, 0.29) is 18.8 Å². The SMILES string of the molecule is CS(=O)(=O)NCCCNC(=O)c1cc(-c2cccc(F)c2)no1. The first-order chi connectivity index (χ1) is 10.8. The fraction of sp³-hybridized carbons (Fsp3) is 0.286. The first kappa shape index (κ1) is 17.1. The lowest BCUT2D eigenvalue weighted by Crippen LogP contribution is -2.29. The molecular formula is C14H16FN3O4S. The van der Waals surface area contributed by atoms with Crippen molar-refractivity contribution in [3.05, 3.63) is 41.9 Å². The summed E-state index contributed by atoms with van der Waals surface area (Å²) in [4.78, 5) is 11.9. The highest BCUT2D eigenvalue weighted by Crippen LogP contribution is 2.19. The topological polar surface area (TPSA) is 101 Å². The third-order valence-corrected chi connectivity index (χ3v) is 3.59. The van der Waals surface area contributed by atoms with E-state index in [0.717, 1.165) is 6.26 Å². The molecule has 7 nitrogen and oxygen atoms in total. The Morgan fingerprint density at radius 1 is 1.30 bits per heavy atom. The molecule has 0 atom stereocenters. The Kier molecular flexibility index (Phi) is 5.45. The molecule has 1 aromatic carbocycles. The maximum absolute atomic E-state index is 13.2. The number of hydrogen-bond donors (Lipinski definition) is 2. The van der Waals surface area contributed by atoms with Crippen molar-refractivity contribution in [2.24, 2.45) is 0 Å². The fourth-order valence-corrected chi connectivity index (χ4v) is 2.32. The monoisotopic (exact) mass is 341 g/mol. The molecule has 0 unspecified atom stereocenters. The van der Waals surface area contributed by atoms with Gasteiger partial charge in [-0.2, -0.15) is 0 Å². The van der Waals surface area contributed by atoms with Crippen LogP contribution in [0.25, 0.3) is 11.3 Å². The molecule has 1 heterocycles. The van der Waals surface area contributed by atoms with Crippen LogP contribution < -0.4 is 10.0 Å². The van der Waals surface area contributed by atoms with E-state index >= 15 is 0 Å². The second-order valence-electron chi connectivity index (χ2n) is 4.86. The first-order valence-electron chi connectivity index (χ1n) is 6.80. The average molecular weight is 341 g/mol. The third-order valence-electron chi connectivity index (χ3n) is 2.86. The van der Waals surface area contributed by atoms with E-state index in [1.807, 2.05) is 0 Å². The summed E-state index contributed by atoms with van der Waals surface area (Å²) in [6.45, 7) is 0.501. The van der Waals surface area contributed by atoms with E-state index in [1.54, 1.807) is 6.07 Å². The maximum Gasteiger partial charge on any atom is 0.289 e. The standard InChI is InChI=1S/C14H16FN3O4S/c1-23(20,21)17-7-3-6-16-14(19)13-9-12(18-22-13)10-4-2-5-11(15)8-10/h2,4-5,8-9,17H,3,6-7H2,1H3,(H,16,19). The van der Waals surface area contributed by atoms with Gasteiger partial charge in [0.15, 0.2) is 0 Å². The van der Waals surface area contributed by atoms with Gasteiger partial charge in [0, 0.05) is 24.7 Å². The van der Waals surface area contributed by atoms with Gasteiger partial charge >= 0.3 is 0 Å². The number of halogens is 1. The van der Waals surface area contributed by atoms with Crippen LogP contribution in [0.1, 0.15) is 17.0 Å². The second kappa shape index (κ2) is 7.34. The molecule has 2 N–H and O–H groups in total. The van der Waals surface area contributed by atoms with Gasteiger partial charge in [0.25, 0.3) is 5.91 Å². The molecule has 9 heteroatoms. The number of rotatable bonds is 7. The zero-order chi connectivity index (χ0) is 16.9. The highest BCUT2D eigenvalue weighted by molar-refractivity contribution is 7.88. The van der Waals surface area contributed by atoms with Crippen LogP contribution in [0.4, 0.5) is 4.39 Å². The number of aromatic nitrogens is 1. The van der Waals surface area contributed by atoms with Gasteiger partial charge in [0.05, 0.1) is 6.26 Å². The van der Waals surface area contributed by atoms with E-state index in [4.69, 9.17) is 4.52 Å². The van der Waals surface area contributed by atoms with Gasteiger partial charge in [-0.25, -0.2) is 17.5 Å². The molecule has 124 valence electrons. The minimum Gasteiger partial charge on any atom is -0.350 e. The first-order valence-corrected chi connectivity index (χ1v) is 8.70. The molecule has 0 aliphatic heterocycles. The Balaban J connectivity index is 1.87. The molecule has 0 aliphatic rings. The molecular weight excluding hydrogens is 325 g/mol. The summed E-state index contributed by atoms with van der Waals surface area (Å²) in [6, 6.07) is 7.20. The number of nitrogens with one attached hydrogen (secondary N) is 2. The Morgan fingerprint density at radius 3 is 2.78 bits per heavy atom. The van der Waals surface area contributed by atoms with Crippen LogP contribution in [0.2, 0.25) is 0 Å². The minimum atomic E-state index is -3.23. The van der Waals surface area contributed by atoms with Crippen LogP contribution in [0, 0.1) is 5.82 Å². The van der Waals surface area contributed by atoms with E-state index in [2.05, 4.69) is 15.2 Å². The van der Waals surface area contributed by atoms with Crippen molar-refractivity contribution >= 4 is 15.9 Å². The summed E-state index contributed by atoms with van der Waals surface area (Å²) < 4.78 is 42.1. The quantitative estimate of drug-likeness (QED) is 0.736. The summed E-state index contributed by atoms with van der Waals surface area (Å²) >= 11 is 0. The van der Waals surface area contributed by atoms with Gasteiger partial charge in [0.1, 0.15) is 11.5 Å². The zero-order valence-electron chi connectivity index (χ0n) is 12.4. The van der Waals surface area contributed by atoms with Crippen molar-refractivity contribution in [3.63, 3.8) is 0 Å². The average Bonchev–Trinajstić information content (AvgIpc) is 2.95. The smallest absolute Gasteiger partial charge is 0.289 e. The lowest BCUT2D eigenvalue weighted by atomic mass is 10.1. The van der Waals surface area contributed by atoms with Crippen LogP contribution in [-0.4, -0.2) is 38.8 Å². The van der Waals surface area contributed by atoms with Crippen LogP contribution in [0.15, 0.2) is 34.9 Å². The number of sulfonamides is 1. The van der Waals surface area contributed by atoms with Crippen LogP contribution >= 0.6 is 0 Å². The van der Waals surface area contributed by atoms with E-state index in [0.29, 0.717) is 17.7 Å². The Morgan fingerprint density at radius 2 is 2.09 bits per heavy atom. The number of carbonyl (C=O) groups excluding carboxylic acids is 1. The number of carbonyl (C=O) groups is 1. The van der Waals surface area contributed by atoms with Gasteiger partial charge in [-0.3, -0.25) is 4.79 Å². The number of hydrogen-bond acceptors (Lipinski definition) is 5. The van der Waals surface area contributed by atoms with E-state index in [1.165, 1.54) is 24.3 Å². The zero-order valence-corrected chi connectivity index (χ0v) is 13.2. The van der Waals surface area contributed by atoms with Gasteiger partial charge in [-0.15, -0.1) is 0 Å². The summed E-state index contributed by atoms with van der Waals surface area (Å²) in [5.41, 5.74) is 0.860. The molecule has 1 aromatic heterocycles. The predicted octanol–water partition coefficient (Wildman–Crippen LogP) is 1.15. The highest BCUT2D eigenvalue weighted by atomic mass is 32.2. The lowest BCUT2D eigenvalue weighted by Gasteiger charge is -2.03. The number of nitrogens with zero attached hydrogens (tertiary/aromatic N) is 1. The maximum atomic E-state index is 13.2. The molecule has 1 amide bonds. The molecule has 2 aromatic rings. The number of benzene rings is 1. The molecule has 0 saturated heterocycles. The highest BCUT2D eigenvalue weighted by Gasteiger charge is 2.13. The van der Waals surface area contributed by atoms with Gasteiger partial charge in [-0.05, 0) is 18.6 Å². The van der Waals surface area contributed by atoms with Crippen LogP contribution in [0.5, 0.6) is 0 Å². The summed E-state index contributed by atoms with van der Waals surface area (Å²) in [5, 5.41) is 6.31. The summed E-state index contributed by atoms with van der Waals surface area (Å²) in [5.74, 6) is -0.880. The van der Waals surface area contributed by atoms with Crippen molar-refractivity contribution in [1.29, 1.82) is 0 Å². The van der Waals surface area contributed by atoms with Crippen molar-refractivity contribution in [2.75, 3.05) is 19.3 Å². The largest absolute Gasteiger partial charge is 0.350 e. The minimum absolute atomic E-state index is 0.000309. The van der Waals surface area contributed by atoms with Crippen molar-refractivity contribution in [1.82, 2.24) is 15.2 Å². The van der Waals surface area contributed by atoms with Gasteiger partial charge < -0.3 is 9.84 Å². The summed E-state index contributed by atoms with van der Waals surface area (Å²) in [6.07, 6.45) is 1.50. The molecule has 0 fully saturated rings. The van der Waals surface area contributed by atoms with Gasteiger partial charge in [-0.1, -0.05) is 17.3 Å². The van der Waals surface area contributed by atoms with Crippen molar-refractivity contribution in [2.45, 2.75) is 6.42 Å². The lowest BCUT2D eigenvalue weighted by molar-refractivity contribution is 0.0916. The third kappa shape index (κ3) is 5.46. The normalized spacial score (nSPS) is 11.4. The molecule has 0 spiro atoms. The van der Waals surface area contributed by atoms with Gasteiger partial charge in [0.2, 0.25) is 15.8 Å². The van der Waals surface area contributed by atoms with Crippen LogP contribution in [-0.2, 0) is 10.0 Å². The molecule has 0 aliphatic carbocycles. The van der Waals surface area contributed by atoms with Crippen molar-refractivity contribution < 1.29 is 22.1 Å². The fourth-order valence-electron chi connectivity index (χ4n) is 1.80. The van der Waals surface area contributed by atoms with Crippen molar-refractivity contribution in [3.8, 4) is 11.3 Å². The predicted molar refractivity (Wildman–Crippen MR) is 81.7 cm³/mol. The van der Waals surface area contributed by atoms with E-state index in [9.17, 15) is 17.6 Å². The van der Waals surface area contributed by atoms with Crippen LogP contribution in [0.3, 0.4) is 0 Å². The van der Waals surface area contributed by atoms with E-state index < -0.39 is 21.7 Å². The summed E-state index contributed by atoms with van der Waals surface area (Å²) in [7, 11) is -3.23. The molecule has 0 bridgehead atoms. The molecule has 0 saturated carbocycles. The molecule has 23 heavy (non-hydrogen) atoms. The molecule has 2 rings (SSSR count). The number of amides is 1. The molecule has 0 radical (unpaired) electrons. The Hall–Kier alpha value is -2.26. The Labute approximate surface area is 132 Å². The second-order valence-corrected chi connectivity index (χ2v) is 6.70.